The Kier molecular flexibility index (Phi) is 3.89. The third-order valence-corrected chi connectivity index (χ3v) is 3.89. The Bertz CT molecular complexity index is 525. The maximum Gasteiger partial charge on any atom is 0.327 e. The van der Waals surface area contributed by atoms with Crippen LogP contribution in [0.25, 0.3) is 0 Å². The zero-order valence-corrected chi connectivity index (χ0v) is 10.6. The van der Waals surface area contributed by atoms with Crippen molar-refractivity contribution in [3.8, 4) is 0 Å². The SMILES string of the molecule is O=C(O)C1CSCCN1c1cccc(F)c1[N+](=O)[O-]. The number of carbonyl (C=O) groups is 1. The third-order valence-electron chi connectivity index (χ3n) is 2.87. The van der Waals surface area contributed by atoms with Crippen molar-refractivity contribution in [1.29, 1.82) is 0 Å². The largest absolute Gasteiger partial charge is 0.480 e. The summed E-state index contributed by atoms with van der Waals surface area (Å²) >= 11 is 1.46. The molecule has 6 nitrogen and oxygen atoms in total. The molecule has 1 saturated heterocycles. The fraction of sp³-hybridized carbons (Fsp3) is 0.364. The van der Waals surface area contributed by atoms with Crippen molar-refractivity contribution in [3.05, 3.63) is 34.1 Å². The lowest BCUT2D eigenvalue weighted by molar-refractivity contribution is -0.386. The second kappa shape index (κ2) is 5.43. The fourth-order valence-corrected chi connectivity index (χ4v) is 3.05. The predicted molar refractivity (Wildman–Crippen MR) is 69.1 cm³/mol. The van der Waals surface area contributed by atoms with Crippen LogP contribution in [-0.2, 0) is 4.79 Å². The van der Waals surface area contributed by atoms with Crippen molar-refractivity contribution in [2.24, 2.45) is 0 Å². The van der Waals surface area contributed by atoms with Crippen LogP contribution in [0.1, 0.15) is 0 Å². The molecule has 1 aromatic carbocycles. The highest BCUT2D eigenvalue weighted by Crippen LogP contribution is 2.34. The van der Waals surface area contributed by atoms with Gasteiger partial charge in [-0.2, -0.15) is 16.2 Å². The summed E-state index contributed by atoms with van der Waals surface area (Å²) in [7, 11) is 0. The summed E-state index contributed by atoms with van der Waals surface area (Å²) in [6, 6.07) is 2.85. The molecule has 0 radical (unpaired) electrons. The second-order valence-corrected chi connectivity index (χ2v) is 5.14. The van der Waals surface area contributed by atoms with Gasteiger partial charge in [0.1, 0.15) is 11.7 Å². The van der Waals surface area contributed by atoms with Gasteiger partial charge in [0.15, 0.2) is 0 Å². The maximum atomic E-state index is 13.6. The first-order valence-electron chi connectivity index (χ1n) is 5.52. The number of rotatable bonds is 3. The van der Waals surface area contributed by atoms with Crippen LogP contribution in [0.15, 0.2) is 18.2 Å². The van der Waals surface area contributed by atoms with E-state index in [9.17, 15) is 19.3 Å². The van der Waals surface area contributed by atoms with E-state index in [2.05, 4.69) is 0 Å². The van der Waals surface area contributed by atoms with E-state index >= 15 is 0 Å². The van der Waals surface area contributed by atoms with Crippen LogP contribution in [0.2, 0.25) is 0 Å². The Labute approximate surface area is 112 Å². The third kappa shape index (κ3) is 2.62. The molecule has 0 aromatic heterocycles. The second-order valence-electron chi connectivity index (χ2n) is 3.99. The number of halogens is 1. The van der Waals surface area contributed by atoms with Crippen molar-refractivity contribution in [3.63, 3.8) is 0 Å². The molecular weight excluding hydrogens is 275 g/mol. The van der Waals surface area contributed by atoms with Gasteiger partial charge < -0.3 is 10.0 Å². The molecule has 1 N–H and O–H groups in total. The van der Waals surface area contributed by atoms with Crippen LogP contribution in [0.5, 0.6) is 0 Å². The fourth-order valence-electron chi connectivity index (χ4n) is 2.01. The summed E-state index contributed by atoms with van der Waals surface area (Å²) in [5, 5.41) is 20.1. The number of benzene rings is 1. The van der Waals surface area contributed by atoms with E-state index in [0.717, 1.165) is 6.07 Å². The van der Waals surface area contributed by atoms with Crippen LogP contribution in [0.3, 0.4) is 0 Å². The zero-order chi connectivity index (χ0) is 14.0. The number of carboxylic acid groups (broad SMARTS) is 1. The number of nitro groups is 1. The molecule has 8 heteroatoms. The molecular formula is C11H11FN2O4S. The molecule has 0 saturated carbocycles. The number of nitro benzene ring substituents is 1. The molecule has 19 heavy (non-hydrogen) atoms. The molecule has 1 aliphatic rings. The van der Waals surface area contributed by atoms with E-state index in [1.165, 1.54) is 28.8 Å². The highest BCUT2D eigenvalue weighted by Gasteiger charge is 2.34. The van der Waals surface area contributed by atoms with E-state index in [-0.39, 0.29) is 5.69 Å². The first-order chi connectivity index (χ1) is 9.02. The first kappa shape index (κ1) is 13.6. The van der Waals surface area contributed by atoms with E-state index < -0.39 is 28.4 Å². The number of hydrogen-bond acceptors (Lipinski definition) is 5. The minimum Gasteiger partial charge on any atom is -0.480 e. The summed E-state index contributed by atoms with van der Waals surface area (Å²) in [5.74, 6) is -1.05. The number of aliphatic carboxylic acids is 1. The summed E-state index contributed by atoms with van der Waals surface area (Å²) < 4.78 is 13.6. The molecule has 1 heterocycles. The Balaban J connectivity index is 2.47. The summed E-state index contributed by atoms with van der Waals surface area (Å²) in [4.78, 5) is 22.7. The minimum atomic E-state index is -1.06. The Morgan fingerprint density at radius 2 is 2.32 bits per heavy atom. The van der Waals surface area contributed by atoms with Crippen LogP contribution in [0, 0.1) is 15.9 Å². The van der Waals surface area contributed by atoms with Gasteiger partial charge in [0.2, 0.25) is 5.82 Å². The van der Waals surface area contributed by atoms with Gasteiger partial charge >= 0.3 is 11.7 Å². The molecule has 1 fully saturated rings. The van der Waals surface area contributed by atoms with E-state index in [1.807, 2.05) is 0 Å². The highest BCUT2D eigenvalue weighted by molar-refractivity contribution is 7.99. The number of carboxylic acids is 1. The highest BCUT2D eigenvalue weighted by atomic mass is 32.2. The summed E-state index contributed by atoms with van der Waals surface area (Å²) in [6.07, 6.45) is 0. The van der Waals surface area contributed by atoms with E-state index in [0.29, 0.717) is 18.1 Å². The molecule has 102 valence electrons. The summed E-state index contributed by atoms with van der Waals surface area (Å²) in [6.45, 7) is 0.339. The monoisotopic (exact) mass is 286 g/mol. The Morgan fingerprint density at radius 3 is 2.95 bits per heavy atom. The van der Waals surface area contributed by atoms with Gasteiger partial charge in [-0.3, -0.25) is 10.1 Å². The number of anilines is 1. The van der Waals surface area contributed by atoms with Crippen molar-refractivity contribution < 1.29 is 19.2 Å². The minimum absolute atomic E-state index is 0.0256. The van der Waals surface area contributed by atoms with Gasteiger partial charge in [-0.05, 0) is 12.1 Å². The zero-order valence-electron chi connectivity index (χ0n) is 9.78. The average molecular weight is 286 g/mol. The van der Waals surface area contributed by atoms with Crippen molar-refractivity contribution in [2.45, 2.75) is 6.04 Å². The lowest BCUT2D eigenvalue weighted by atomic mass is 10.2. The Morgan fingerprint density at radius 1 is 1.58 bits per heavy atom. The topological polar surface area (TPSA) is 83.7 Å². The standard InChI is InChI=1S/C11H11FN2O4S/c12-7-2-1-3-8(10(7)14(17)18)13-4-5-19-6-9(13)11(15)16/h1-3,9H,4-6H2,(H,15,16). The smallest absolute Gasteiger partial charge is 0.327 e. The molecule has 0 spiro atoms. The molecule has 0 aliphatic carbocycles. The van der Waals surface area contributed by atoms with Crippen LogP contribution in [0.4, 0.5) is 15.8 Å². The molecule has 0 amide bonds. The number of thioether (sulfide) groups is 1. The lowest BCUT2D eigenvalue weighted by Crippen LogP contribution is -2.47. The molecule has 1 atom stereocenters. The molecule has 0 bridgehead atoms. The maximum absolute atomic E-state index is 13.6. The normalized spacial score (nSPS) is 19.2. The average Bonchev–Trinajstić information content (AvgIpc) is 2.37. The Hall–Kier alpha value is -1.83. The quantitative estimate of drug-likeness (QED) is 0.673. The van der Waals surface area contributed by atoms with Crippen molar-refractivity contribution in [1.82, 2.24) is 0 Å². The molecule has 1 aliphatic heterocycles. The predicted octanol–water partition coefficient (Wildman–Crippen LogP) is 1.74. The molecule has 1 unspecified atom stereocenters. The number of para-hydroxylation sites is 1. The van der Waals surface area contributed by atoms with Gasteiger partial charge in [-0.1, -0.05) is 6.07 Å². The first-order valence-corrected chi connectivity index (χ1v) is 6.68. The lowest BCUT2D eigenvalue weighted by Gasteiger charge is -2.34. The van der Waals surface area contributed by atoms with Crippen molar-refractivity contribution in [2.75, 3.05) is 23.0 Å². The number of hydrogen-bond donors (Lipinski definition) is 1. The van der Waals surface area contributed by atoms with Crippen LogP contribution >= 0.6 is 11.8 Å². The van der Waals surface area contributed by atoms with Crippen LogP contribution < -0.4 is 4.90 Å². The number of nitrogens with zero attached hydrogens (tertiary/aromatic N) is 2. The van der Waals surface area contributed by atoms with Crippen LogP contribution in [-0.4, -0.2) is 40.1 Å². The van der Waals surface area contributed by atoms with Gasteiger partial charge in [0.05, 0.1) is 4.92 Å². The van der Waals surface area contributed by atoms with Crippen molar-refractivity contribution >= 4 is 29.1 Å². The van der Waals surface area contributed by atoms with Gasteiger partial charge in [0, 0.05) is 18.1 Å². The van der Waals surface area contributed by atoms with E-state index in [1.54, 1.807) is 0 Å². The molecule has 1 aromatic rings. The van der Waals surface area contributed by atoms with Gasteiger partial charge in [0.25, 0.3) is 0 Å². The van der Waals surface area contributed by atoms with Gasteiger partial charge in [-0.25, -0.2) is 4.79 Å². The molecule has 2 rings (SSSR count). The van der Waals surface area contributed by atoms with E-state index in [4.69, 9.17) is 5.11 Å². The van der Waals surface area contributed by atoms with Gasteiger partial charge in [-0.15, -0.1) is 0 Å². The summed E-state index contributed by atoms with van der Waals surface area (Å²) in [5.41, 5.74) is -0.640.